The highest BCUT2D eigenvalue weighted by Gasteiger charge is 2.15. The van der Waals surface area contributed by atoms with E-state index in [0.717, 1.165) is 16.5 Å². The highest BCUT2D eigenvalue weighted by Crippen LogP contribution is 2.39. The monoisotopic (exact) mass is 371 g/mol. The highest BCUT2D eigenvalue weighted by molar-refractivity contribution is 5.97. The predicted octanol–water partition coefficient (Wildman–Crippen LogP) is 2.17. The average molecular weight is 372 g/mol. The van der Waals surface area contributed by atoms with E-state index in [-0.39, 0.29) is 18.2 Å². The van der Waals surface area contributed by atoms with E-state index in [2.05, 4.69) is 37.4 Å². The van der Waals surface area contributed by atoms with Crippen LogP contribution < -0.4 is 21.6 Å². The van der Waals surface area contributed by atoms with Crippen molar-refractivity contribution in [2.75, 3.05) is 28.3 Å². The summed E-state index contributed by atoms with van der Waals surface area (Å²) >= 11 is 0. The Labute approximate surface area is 159 Å². The Morgan fingerprint density at radius 1 is 0.923 bits per heavy atom. The number of benzene rings is 3. The number of aromatic hydroxyl groups is 1. The number of para-hydroxylation sites is 1. The van der Waals surface area contributed by atoms with Gasteiger partial charge in [-0.3, -0.25) is 4.48 Å². The summed E-state index contributed by atoms with van der Waals surface area (Å²) in [4.78, 5) is 0. The fraction of sp³-hybridized carbons (Fsp3) is 0.200. The van der Waals surface area contributed by atoms with Crippen molar-refractivity contribution in [1.82, 2.24) is 4.48 Å². The molecule has 0 heterocycles. The van der Waals surface area contributed by atoms with Crippen LogP contribution >= 0.6 is 0 Å². The van der Waals surface area contributed by atoms with E-state index in [4.69, 9.17) is 4.74 Å². The van der Waals surface area contributed by atoms with Gasteiger partial charge in [0.1, 0.15) is 28.6 Å². The molecule has 5 nitrogen and oxygen atoms in total. The van der Waals surface area contributed by atoms with Gasteiger partial charge in [-0.05, 0) is 35.7 Å². The van der Waals surface area contributed by atoms with Gasteiger partial charge in [0.05, 0.1) is 28.3 Å². The Bertz CT molecular complexity index is 949. The molecule has 0 radical (unpaired) electrons. The van der Waals surface area contributed by atoms with Gasteiger partial charge in [0, 0.05) is 11.5 Å². The van der Waals surface area contributed by atoms with Gasteiger partial charge < -0.3 is 22.3 Å². The molecule has 0 amide bonds. The van der Waals surface area contributed by atoms with E-state index in [1.807, 2.05) is 42.5 Å². The van der Waals surface area contributed by atoms with Gasteiger partial charge in [-0.25, -0.2) is 0 Å². The second-order valence-corrected chi connectivity index (χ2v) is 6.72. The van der Waals surface area contributed by atoms with Crippen molar-refractivity contribution in [2.45, 2.75) is 0 Å². The Balaban J connectivity index is 0.00000243. The van der Waals surface area contributed by atoms with E-state index in [0.29, 0.717) is 21.6 Å². The molecule has 26 heavy (non-hydrogen) atoms. The van der Waals surface area contributed by atoms with Crippen molar-refractivity contribution < 1.29 is 22.3 Å². The molecule has 0 aliphatic heterocycles. The topological polar surface area (TPSA) is 54.2 Å². The lowest BCUT2D eigenvalue weighted by Gasteiger charge is -2.23. The first-order valence-corrected chi connectivity index (χ1v) is 8.02. The van der Waals surface area contributed by atoms with Gasteiger partial charge in [-0.15, -0.1) is 10.2 Å². The number of hydrogen-bond acceptors (Lipinski definition) is 4. The summed E-state index contributed by atoms with van der Waals surface area (Å²) in [5, 5.41) is 20.8. The SMILES string of the molecule is COc1ccccc1N=Nc1c(O)ccc2ccc([N+](C)(C)C)cc12.[Cl-]. The number of halogens is 1. The third-order valence-corrected chi connectivity index (χ3v) is 4.07. The highest BCUT2D eigenvalue weighted by atomic mass is 35.5. The van der Waals surface area contributed by atoms with E-state index in [1.165, 1.54) is 0 Å². The number of phenolic OH excluding ortho intramolecular Hbond substituents is 1. The van der Waals surface area contributed by atoms with Crippen LogP contribution in [-0.2, 0) is 0 Å². The zero-order valence-corrected chi connectivity index (χ0v) is 16.0. The van der Waals surface area contributed by atoms with Crippen molar-refractivity contribution in [2.24, 2.45) is 10.2 Å². The van der Waals surface area contributed by atoms with Gasteiger partial charge in [0.15, 0.2) is 0 Å². The molecule has 0 fully saturated rings. The maximum absolute atomic E-state index is 10.3. The molecule has 3 rings (SSSR count). The molecule has 0 aliphatic rings. The summed E-state index contributed by atoms with van der Waals surface area (Å²) in [6.45, 7) is 0. The second-order valence-electron chi connectivity index (χ2n) is 6.72. The lowest BCUT2D eigenvalue weighted by molar-refractivity contribution is -0.00000655. The molecule has 0 saturated heterocycles. The number of ether oxygens (including phenoxy) is 1. The van der Waals surface area contributed by atoms with Crippen molar-refractivity contribution in [3.8, 4) is 11.5 Å². The molecule has 1 N–H and O–H groups in total. The van der Waals surface area contributed by atoms with Crippen molar-refractivity contribution in [3.63, 3.8) is 0 Å². The third kappa shape index (κ3) is 3.95. The van der Waals surface area contributed by atoms with Crippen LogP contribution in [0.4, 0.5) is 17.1 Å². The van der Waals surface area contributed by atoms with Gasteiger partial charge in [0.25, 0.3) is 0 Å². The van der Waals surface area contributed by atoms with E-state index in [9.17, 15) is 5.11 Å². The standard InChI is InChI=1S/C20H21N3O2.ClH/c1-23(2,3)15-11-9-14-10-12-18(24)20(16(14)13-15)22-21-17-7-5-6-8-19(17)25-4;/h5-13H,1-4H3;1H. The fourth-order valence-electron chi connectivity index (χ4n) is 2.62. The minimum absolute atomic E-state index is 0. The van der Waals surface area contributed by atoms with Crippen LogP contribution in [0, 0.1) is 0 Å². The van der Waals surface area contributed by atoms with Crippen LogP contribution in [0.25, 0.3) is 10.8 Å². The average Bonchev–Trinajstić information content (AvgIpc) is 2.60. The van der Waals surface area contributed by atoms with Crippen molar-refractivity contribution in [3.05, 3.63) is 54.6 Å². The zero-order valence-electron chi connectivity index (χ0n) is 15.3. The van der Waals surface area contributed by atoms with Crippen molar-refractivity contribution in [1.29, 1.82) is 0 Å². The number of azo groups is 1. The lowest BCUT2D eigenvalue weighted by Crippen LogP contribution is -3.00. The summed E-state index contributed by atoms with van der Waals surface area (Å²) in [7, 11) is 7.89. The van der Waals surface area contributed by atoms with Crippen LogP contribution in [0.15, 0.2) is 64.8 Å². The third-order valence-electron chi connectivity index (χ3n) is 4.07. The van der Waals surface area contributed by atoms with Crippen LogP contribution in [0.3, 0.4) is 0 Å². The number of phenols is 1. The molecule has 136 valence electrons. The van der Waals surface area contributed by atoms with E-state index >= 15 is 0 Å². The largest absolute Gasteiger partial charge is 1.00 e. The molecule has 3 aromatic carbocycles. The van der Waals surface area contributed by atoms with Crippen molar-refractivity contribution >= 4 is 27.8 Å². The number of fused-ring (bicyclic) bond motifs is 1. The molecular formula is C20H22ClN3O2. The molecule has 0 bridgehead atoms. The molecule has 0 saturated carbocycles. The molecular weight excluding hydrogens is 350 g/mol. The first kappa shape index (κ1) is 19.7. The fourth-order valence-corrected chi connectivity index (χ4v) is 2.62. The first-order valence-electron chi connectivity index (χ1n) is 8.02. The summed E-state index contributed by atoms with van der Waals surface area (Å²) in [5.74, 6) is 0.739. The zero-order chi connectivity index (χ0) is 18.0. The Morgan fingerprint density at radius 3 is 2.31 bits per heavy atom. The Kier molecular flexibility index (Phi) is 5.85. The maximum atomic E-state index is 10.3. The van der Waals surface area contributed by atoms with E-state index in [1.54, 1.807) is 13.2 Å². The van der Waals surface area contributed by atoms with Crippen LogP contribution in [-0.4, -0.2) is 33.4 Å². The number of methoxy groups -OCH3 is 1. The van der Waals surface area contributed by atoms with Gasteiger partial charge >= 0.3 is 0 Å². The molecule has 0 unspecified atom stereocenters. The number of quaternary nitrogens is 1. The maximum Gasteiger partial charge on any atom is 0.146 e. The van der Waals surface area contributed by atoms with Crippen LogP contribution in [0.1, 0.15) is 0 Å². The molecule has 0 aromatic heterocycles. The second kappa shape index (κ2) is 7.72. The number of rotatable bonds is 4. The number of nitrogens with zero attached hydrogens (tertiary/aromatic N) is 3. The lowest BCUT2D eigenvalue weighted by atomic mass is 10.1. The molecule has 0 aliphatic carbocycles. The minimum Gasteiger partial charge on any atom is -1.00 e. The van der Waals surface area contributed by atoms with Gasteiger partial charge in [0.2, 0.25) is 0 Å². The van der Waals surface area contributed by atoms with Crippen LogP contribution in [0.2, 0.25) is 0 Å². The molecule has 0 spiro atoms. The first-order chi connectivity index (χ1) is 11.9. The normalized spacial score (nSPS) is 11.5. The Hall–Kier alpha value is -2.63. The smallest absolute Gasteiger partial charge is 0.146 e. The summed E-state index contributed by atoms with van der Waals surface area (Å²) < 4.78 is 5.97. The minimum atomic E-state index is 0. The molecule has 3 aromatic rings. The van der Waals surface area contributed by atoms with Gasteiger partial charge in [-0.2, -0.15) is 0 Å². The summed E-state index contributed by atoms with van der Waals surface area (Å²) in [6.07, 6.45) is 0. The summed E-state index contributed by atoms with van der Waals surface area (Å²) in [6, 6.07) is 17.1. The van der Waals surface area contributed by atoms with Crippen LogP contribution in [0.5, 0.6) is 11.5 Å². The molecule has 6 heteroatoms. The van der Waals surface area contributed by atoms with E-state index < -0.39 is 0 Å². The molecule has 0 atom stereocenters. The summed E-state index contributed by atoms with van der Waals surface area (Å²) in [5.41, 5.74) is 2.19. The Morgan fingerprint density at radius 2 is 1.62 bits per heavy atom. The number of hydrogen-bond donors (Lipinski definition) is 1. The predicted molar refractivity (Wildman–Crippen MR) is 102 cm³/mol. The quantitative estimate of drug-likeness (QED) is 0.564. The van der Waals surface area contributed by atoms with Gasteiger partial charge in [-0.1, -0.05) is 18.2 Å².